The van der Waals surface area contributed by atoms with Crippen molar-refractivity contribution in [3.63, 3.8) is 0 Å². The first-order chi connectivity index (χ1) is 12.8. The SMILES string of the molecule is COC(=O)c1ccc(OC(=O)CSc2ccc(C(N)=O)cc2[N+](=O)[O-])cc1. The molecule has 27 heavy (non-hydrogen) atoms. The van der Waals surface area contributed by atoms with Gasteiger partial charge in [0.05, 0.1) is 28.2 Å². The molecule has 0 saturated heterocycles. The zero-order valence-electron chi connectivity index (χ0n) is 14.0. The number of carbonyl (C=O) groups is 3. The van der Waals surface area contributed by atoms with Crippen LogP contribution in [-0.2, 0) is 9.53 Å². The van der Waals surface area contributed by atoms with Crippen molar-refractivity contribution in [2.24, 2.45) is 5.73 Å². The minimum atomic E-state index is -0.788. The van der Waals surface area contributed by atoms with E-state index < -0.39 is 22.8 Å². The molecule has 0 spiro atoms. The summed E-state index contributed by atoms with van der Waals surface area (Å²) in [6.45, 7) is 0. The molecule has 0 atom stereocenters. The predicted molar refractivity (Wildman–Crippen MR) is 95.8 cm³/mol. The number of thioether (sulfide) groups is 1. The number of ether oxygens (including phenoxy) is 2. The predicted octanol–water partition coefficient (Wildman–Crippen LogP) is 2.18. The number of benzene rings is 2. The fourth-order valence-electron chi connectivity index (χ4n) is 2.01. The third-order valence-corrected chi connectivity index (χ3v) is 4.33. The van der Waals surface area contributed by atoms with Gasteiger partial charge in [-0.25, -0.2) is 4.79 Å². The smallest absolute Gasteiger partial charge is 0.337 e. The molecule has 2 rings (SSSR count). The minimum absolute atomic E-state index is 0.000628. The van der Waals surface area contributed by atoms with Crippen LogP contribution < -0.4 is 10.5 Å². The van der Waals surface area contributed by atoms with Crippen LogP contribution >= 0.6 is 11.8 Å². The number of rotatable bonds is 7. The summed E-state index contributed by atoms with van der Waals surface area (Å²) in [5.74, 6) is -1.93. The highest BCUT2D eigenvalue weighted by molar-refractivity contribution is 8.00. The monoisotopic (exact) mass is 390 g/mol. The third-order valence-electron chi connectivity index (χ3n) is 3.29. The van der Waals surface area contributed by atoms with Crippen molar-refractivity contribution in [1.82, 2.24) is 0 Å². The highest BCUT2D eigenvalue weighted by atomic mass is 32.2. The fourth-order valence-corrected chi connectivity index (χ4v) is 2.79. The number of nitro groups is 1. The zero-order chi connectivity index (χ0) is 20.0. The molecule has 0 saturated carbocycles. The lowest BCUT2D eigenvalue weighted by Crippen LogP contribution is -2.12. The zero-order valence-corrected chi connectivity index (χ0v) is 14.9. The summed E-state index contributed by atoms with van der Waals surface area (Å²) in [6, 6.07) is 9.49. The molecule has 2 N–H and O–H groups in total. The Morgan fingerprint density at radius 2 is 1.74 bits per heavy atom. The van der Waals surface area contributed by atoms with Gasteiger partial charge in [0.25, 0.3) is 5.69 Å². The largest absolute Gasteiger partial charge is 0.465 e. The van der Waals surface area contributed by atoms with Crippen LogP contribution in [0.5, 0.6) is 5.75 Å². The second-order valence-corrected chi connectivity index (χ2v) is 6.10. The standard InChI is InChI=1S/C17H14N2O7S/c1-25-17(22)10-2-5-12(6-3-10)26-15(20)9-27-14-7-4-11(16(18)21)8-13(14)19(23)24/h2-8H,9H2,1H3,(H2,18,21). The van der Waals surface area contributed by atoms with E-state index in [9.17, 15) is 24.5 Å². The van der Waals surface area contributed by atoms with Crippen molar-refractivity contribution >= 4 is 35.3 Å². The Labute approximate surface area is 157 Å². The van der Waals surface area contributed by atoms with Gasteiger partial charge >= 0.3 is 11.9 Å². The van der Waals surface area contributed by atoms with Crippen LogP contribution in [0.1, 0.15) is 20.7 Å². The molecule has 0 aromatic heterocycles. The van der Waals surface area contributed by atoms with Crippen molar-refractivity contribution in [3.8, 4) is 5.75 Å². The van der Waals surface area contributed by atoms with Crippen molar-refractivity contribution in [2.75, 3.05) is 12.9 Å². The van der Waals surface area contributed by atoms with Crippen LogP contribution in [0.2, 0.25) is 0 Å². The summed E-state index contributed by atoms with van der Waals surface area (Å²) in [7, 11) is 1.25. The number of nitro benzene ring substituents is 1. The molecule has 0 heterocycles. The van der Waals surface area contributed by atoms with Crippen molar-refractivity contribution in [1.29, 1.82) is 0 Å². The number of hydrogen-bond acceptors (Lipinski definition) is 8. The summed E-state index contributed by atoms with van der Waals surface area (Å²) in [4.78, 5) is 45.1. The highest BCUT2D eigenvalue weighted by Gasteiger charge is 2.18. The van der Waals surface area contributed by atoms with Crippen LogP contribution in [0.15, 0.2) is 47.4 Å². The lowest BCUT2D eigenvalue weighted by molar-refractivity contribution is -0.387. The van der Waals surface area contributed by atoms with Crippen LogP contribution in [0.3, 0.4) is 0 Å². The van der Waals surface area contributed by atoms with E-state index in [0.717, 1.165) is 17.8 Å². The van der Waals surface area contributed by atoms with Gasteiger partial charge in [-0.1, -0.05) is 0 Å². The van der Waals surface area contributed by atoms with Gasteiger partial charge in [0.1, 0.15) is 5.75 Å². The molecule has 0 aliphatic carbocycles. The Kier molecular flexibility index (Phi) is 6.50. The van der Waals surface area contributed by atoms with Gasteiger partial charge in [-0.3, -0.25) is 19.7 Å². The number of hydrogen-bond donors (Lipinski definition) is 1. The maximum Gasteiger partial charge on any atom is 0.337 e. The van der Waals surface area contributed by atoms with Crippen LogP contribution in [-0.4, -0.2) is 35.6 Å². The molecule has 0 radical (unpaired) electrons. The van der Waals surface area contributed by atoms with Gasteiger partial charge in [-0.2, -0.15) is 0 Å². The maximum absolute atomic E-state index is 11.9. The Morgan fingerprint density at radius 1 is 1.11 bits per heavy atom. The van der Waals surface area contributed by atoms with E-state index in [0.29, 0.717) is 5.56 Å². The molecule has 0 aliphatic heterocycles. The van der Waals surface area contributed by atoms with Crippen molar-refractivity contribution < 1.29 is 28.8 Å². The Balaban J connectivity index is 2.02. The number of nitrogens with zero attached hydrogens (tertiary/aromatic N) is 1. The number of esters is 2. The molecule has 140 valence electrons. The average molecular weight is 390 g/mol. The number of nitrogens with two attached hydrogens (primary N) is 1. The fraction of sp³-hybridized carbons (Fsp3) is 0.118. The first kappa shape index (κ1) is 19.9. The van der Waals surface area contributed by atoms with Crippen LogP contribution in [0, 0.1) is 10.1 Å². The van der Waals surface area contributed by atoms with Gasteiger partial charge in [0.15, 0.2) is 0 Å². The van der Waals surface area contributed by atoms with Crippen LogP contribution in [0.25, 0.3) is 0 Å². The number of methoxy groups -OCH3 is 1. The van der Waals surface area contributed by atoms with Crippen molar-refractivity contribution in [2.45, 2.75) is 4.90 Å². The number of primary amides is 1. The lowest BCUT2D eigenvalue weighted by atomic mass is 10.2. The molecular weight excluding hydrogens is 376 g/mol. The normalized spacial score (nSPS) is 10.1. The summed E-state index contributed by atoms with van der Waals surface area (Å²) >= 11 is 0.892. The Hall–Kier alpha value is -3.40. The van der Waals surface area contributed by atoms with Gasteiger partial charge in [0, 0.05) is 11.6 Å². The molecule has 0 aliphatic rings. The van der Waals surface area contributed by atoms with E-state index in [4.69, 9.17) is 10.5 Å². The molecule has 0 unspecified atom stereocenters. The Morgan fingerprint density at radius 3 is 2.30 bits per heavy atom. The van der Waals surface area contributed by atoms with E-state index in [1.165, 1.54) is 43.5 Å². The quantitative estimate of drug-likeness (QED) is 0.249. The van der Waals surface area contributed by atoms with Crippen LogP contribution in [0.4, 0.5) is 5.69 Å². The Bertz CT molecular complexity index is 897. The lowest BCUT2D eigenvalue weighted by Gasteiger charge is -2.06. The van der Waals surface area contributed by atoms with E-state index in [1.54, 1.807) is 0 Å². The molecule has 1 amide bonds. The second-order valence-electron chi connectivity index (χ2n) is 5.08. The third kappa shape index (κ3) is 5.28. The number of amides is 1. The molecule has 10 heteroatoms. The molecule has 2 aromatic carbocycles. The average Bonchev–Trinajstić information content (AvgIpc) is 2.66. The molecule has 0 bridgehead atoms. The molecule has 2 aromatic rings. The van der Waals surface area contributed by atoms with E-state index in [1.807, 2.05) is 0 Å². The summed E-state index contributed by atoms with van der Waals surface area (Å²) in [6.07, 6.45) is 0. The first-order valence-electron chi connectivity index (χ1n) is 7.42. The molecule has 0 fully saturated rings. The van der Waals surface area contributed by atoms with Gasteiger partial charge < -0.3 is 15.2 Å². The first-order valence-corrected chi connectivity index (χ1v) is 8.40. The molecular formula is C17H14N2O7S. The summed E-state index contributed by atoms with van der Waals surface area (Å²) in [5.41, 5.74) is 5.08. The second kappa shape index (κ2) is 8.81. The van der Waals surface area contributed by atoms with Crippen molar-refractivity contribution in [3.05, 3.63) is 63.7 Å². The van der Waals surface area contributed by atoms with E-state index in [-0.39, 0.29) is 27.6 Å². The number of carbonyl (C=O) groups excluding carboxylic acids is 3. The molecule has 9 nitrogen and oxygen atoms in total. The minimum Gasteiger partial charge on any atom is -0.465 e. The van der Waals surface area contributed by atoms with E-state index in [2.05, 4.69) is 4.74 Å². The topological polar surface area (TPSA) is 139 Å². The summed E-state index contributed by atoms with van der Waals surface area (Å²) < 4.78 is 9.68. The highest BCUT2D eigenvalue weighted by Crippen LogP contribution is 2.30. The van der Waals surface area contributed by atoms with E-state index >= 15 is 0 Å². The van der Waals surface area contributed by atoms with Gasteiger partial charge in [0.2, 0.25) is 5.91 Å². The maximum atomic E-state index is 11.9. The van der Waals surface area contributed by atoms with Gasteiger partial charge in [-0.15, -0.1) is 11.8 Å². The van der Waals surface area contributed by atoms with Gasteiger partial charge in [-0.05, 0) is 36.4 Å². The summed E-state index contributed by atoms with van der Waals surface area (Å²) in [5, 5.41) is 11.1.